The number of benzene rings is 1. The molecule has 100 valence electrons. The van der Waals surface area contributed by atoms with Crippen LogP contribution in [0.2, 0.25) is 0 Å². The highest BCUT2D eigenvalue weighted by Gasteiger charge is 2.36. The first-order chi connectivity index (χ1) is 8.32. The summed E-state index contributed by atoms with van der Waals surface area (Å²) in [7, 11) is 0. The summed E-state index contributed by atoms with van der Waals surface area (Å²) in [5.74, 6) is -1.24. The van der Waals surface area contributed by atoms with Gasteiger partial charge in [-0.3, -0.25) is 0 Å². The topological polar surface area (TPSA) is 20.2 Å². The lowest BCUT2D eigenvalue weighted by Crippen LogP contribution is -2.26. The van der Waals surface area contributed by atoms with E-state index in [1.54, 1.807) is 0 Å². The van der Waals surface area contributed by atoms with Gasteiger partial charge in [-0.15, -0.1) is 0 Å². The van der Waals surface area contributed by atoms with E-state index < -0.39 is 17.2 Å². The molecule has 1 nitrogen and oxygen atoms in total. The zero-order valence-electron chi connectivity index (χ0n) is 11.0. The number of hydrogen-bond acceptors (Lipinski definition) is 1. The minimum atomic E-state index is -1.15. The summed E-state index contributed by atoms with van der Waals surface area (Å²) in [5.41, 5.74) is -0.728. The van der Waals surface area contributed by atoms with Gasteiger partial charge in [0.25, 0.3) is 0 Å². The fourth-order valence-corrected chi connectivity index (χ4v) is 2.79. The van der Waals surface area contributed by atoms with Crippen LogP contribution in [-0.4, -0.2) is 5.11 Å². The Kier molecular flexibility index (Phi) is 3.45. The maximum Gasteiger partial charge on any atom is 0.132 e. The number of hydrogen-bond donors (Lipinski definition) is 1. The summed E-state index contributed by atoms with van der Waals surface area (Å²) < 4.78 is 26.7. The van der Waals surface area contributed by atoms with E-state index in [1.165, 1.54) is 12.1 Å². The molecule has 0 heterocycles. The summed E-state index contributed by atoms with van der Waals surface area (Å²) in [5, 5.41) is 10.7. The average molecular weight is 254 g/mol. The molecule has 1 aromatic carbocycles. The van der Waals surface area contributed by atoms with Crippen LogP contribution >= 0.6 is 0 Å². The fraction of sp³-hybridized carbons (Fsp3) is 0.600. The first-order valence-electron chi connectivity index (χ1n) is 6.50. The van der Waals surface area contributed by atoms with Gasteiger partial charge in [-0.2, -0.15) is 0 Å². The lowest BCUT2D eigenvalue weighted by molar-refractivity contribution is 0.0146. The summed E-state index contributed by atoms with van der Waals surface area (Å²) >= 11 is 0. The van der Waals surface area contributed by atoms with E-state index in [1.807, 2.05) is 0 Å². The number of rotatable bonds is 1. The van der Waals surface area contributed by atoms with Crippen molar-refractivity contribution >= 4 is 0 Å². The third kappa shape index (κ3) is 2.72. The van der Waals surface area contributed by atoms with E-state index in [4.69, 9.17) is 0 Å². The molecule has 0 spiro atoms. The molecule has 1 saturated carbocycles. The normalized spacial score (nSPS) is 27.8. The number of aliphatic hydroxyl groups is 1. The molecule has 1 unspecified atom stereocenters. The van der Waals surface area contributed by atoms with Gasteiger partial charge in [0.2, 0.25) is 0 Å². The molecule has 1 aromatic rings. The predicted octanol–water partition coefficient (Wildman–Crippen LogP) is 4.14. The highest BCUT2D eigenvalue weighted by atomic mass is 19.1. The van der Waals surface area contributed by atoms with E-state index in [0.29, 0.717) is 12.8 Å². The minimum absolute atomic E-state index is 0.182. The van der Waals surface area contributed by atoms with Crippen LogP contribution < -0.4 is 0 Å². The van der Waals surface area contributed by atoms with E-state index in [9.17, 15) is 13.9 Å². The van der Waals surface area contributed by atoms with Gasteiger partial charge in [0.15, 0.2) is 0 Å². The molecule has 18 heavy (non-hydrogen) atoms. The van der Waals surface area contributed by atoms with Crippen molar-refractivity contribution in [3.8, 4) is 0 Å². The van der Waals surface area contributed by atoms with Crippen molar-refractivity contribution in [2.45, 2.75) is 51.6 Å². The zero-order chi connectivity index (χ0) is 13.4. The molecule has 1 atom stereocenters. The van der Waals surface area contributed by atoms with Crippen molar-refractivity contribution in [1.29, 1.82) is 0 Å². The van der Waals surface area contributed by atoms with Crippen LogP contribution in [0.1, 0.15) is 51.5 Å². The average Bonchev–Trinajstić information content (AvgIpc) is 2.39. The minimum Gasteiger partial charge on any atom is -0.385 e. The standard InChI is InChI=1S/C15H20F2O/c1-14(2)6-3-7-15(18,9-8-14)12-5-4-11(16)10-13(12)17/h4-5,10,18H,3,6-9H2,1-2H3. The Morgan fingerprint density at radius 3 is 2.44 bits per heavy atom. The third-order valence-corrected chi connectivity index (χ3v) is 4.09. The van der Waals surface area contributed by atoms with Crippen LogP contribution in [0.15, 0.2) is 18.2 Å². The van der Waals surface area contributed by atoms with Crippen LogP contribution in [0.25, 0.3) is 0 Å². The molecular weight excluding hydrogens is 234 g/mol. The molecular formula is C15H20F2O. The van der Waals surface area contributed by atoms with Crippen molar-refractivity contribution < 1.29 is 13.9 Å². The molecule has 2 rings (SSSR count). The second-order valence-electron chi connectivity index (χ2n) is 6.17. The third-order valence-electron chi connectivity index (χ3n) is 4.09. The summed E-state index contributed by atoms with van der Waals surface area (Å²) in [6, 6.07) is 3.44. The Morgan fingerprint density at radius 2 is 1.78 bits per heavy atom. The molecule has 1 N–H and O–H groups in total. The van der Waals surface area contributed by atoms with E-state index >= 15 is 0 Å². The van der Waals surface area contributed by atoms with Crippen molar-refractivity contribution in [2.24, 2.45) is 5.41 Å². The SMILES string of the molecule is CC1(C)CCCC(O)(c2ccc(F)cc2F)CC1. The summed E-state index contributed by atoms with van der Waals surface area (Å²) in [6.07, 6.45) is 3.81. The lowest BCUT2D eigenvalue weighted by atomic mass is 9.82. The van der Waals surface area contributed by atoms with Crippen molar-refractivity contribution in [1.82, 2.24) is 0 Å². The van der Waals surface area contributed by atoms with E-state index in [0.717, 1.165) is 25.3 Å². The maximum absolute atomic E-state index is 13.8. The first kappa shape index (κ1) is 13.5. The largest absolute Gasteiger partial charge is 0.385 e. The van der Waals surface area contributed by atoms with Crippen LogP contribution in [0, 0.1) is 17.0 Å². The quantitative estimate of drug-likeness (QED) is 0.747. The molecule has 1 aliphatic rings. The molecule has 0 bridgehead atoms. The molecule has 3 heteroatoms. The Labute approximate surface area is 107 Å². The molecule has 0 radical (unpaired) electrons. The Hall–Kier alpha value is -0.960. The van der Waals surface area contributed by atoms with Crippen LogP contribution in [0.5, 0.6) is 0 Å². The van der Waals surface area contributed by atoms with Gasteiger partial charge in [-0.25, -0.2) is 8.78 Å². The van der Waals surface area contributed by atoms with Gasteiger partial charge in [-0.1, -0.05) is 19.9 Å². The van der Waals surface area contributed by atoms with Crippen LogP contribution in [0.4, 0.5) is 8.78 Å². The molecule has 1 aliphatic carbocycles. The van der Waals surface area contributed by atoms with E-state index in [-0.39, 0.29) is 11.0 Å². The maximum atomic E-state index is 13.8. The molecule has 0 aromatic heterocycles. The van der Waals surface area contributed by atoms with Gasteiger partial charge in [0, 0.05) is 11.6 Å². The molecule has 1 fully saturated rings. The second kappa shape index (κ2) is 4.61. The summed E-state index contributed by atoms with van der Waals surface area (Å²) in [6.45, 7) is 4.33. The van der Waals surface area contributed by atoms with Gasteiger partial charge >= 0.3 is 0 Å². The van der Waals surface area contributed by atoms with Crippen molar-refractivity contribution in [3.05, 3.63) is 35.4 Å². The lowest BCUT2D eigenvalue weighted by Gasteiger charge is -2.28. The fourth-order valence-electron chi connectivity index (χ4n) is 2.79. The first-order valence-corrected chi connectivity index (χ1v) is 6.50. The zero-order valence-corrected chi connectivity index (χ0v) is 11.0. The molecule has 0 aliphatic heterocycles. The Balaban J connectivity index is 2.30. The Morgan fingerprint density at radius 1 is 1.06 bits per heavy atom. The van der Waals surface area contributed by atoms with E-state index in [2.05, 4.69) is 13.8 Å². The Bertz CT molecular complexity index is 442. The number of halogens is 2. The highest BCUT2D eigenvalue weighted by molar-refractivity contribution is 5.25. The highest BCUT2D eigenvalue weighted by Crippen LogP contribution is 2.43. The van der Waals surface area contributed by atoms with Gasteiger partial charge < -0.3 is 5.11 Å². The molecule has 0 saturated heterocycles. The van der Waals surface area contributed by atoms with Crippen molar-refractivity contribution in [3.63, 3.8) is 0 Å². The summed E-state index contributed by atoms with van der Waals surface area (Å²) in [4.78, 5) is 0. The van der Waals surface area contributed by atoms with Crippen LogP contribution in [-0.2, 0) is 5.60 Å². The second-order valence-corrected chi connectivity index (χ2v) is 6.17. The van der Waals surface area contributed by atoms with Gasteiger partial charge in [0.1, 0.15) is 11.6 Å². The van der Waals surface area contributed by atoms with Gasteiger partial charge in [-0.05, 0) is 43.6 Å². The smallest absolute Gasteiger partial charge is 0.132 e. The molecule has 0 amide bonds. The van der Waals surface area contributed by atoms with Crippen molar-refractivity contribution in [2.75, 3.05) is 0 Å². The van der Waals surface area contributed by atoms with Gasteiger partial charge in [0.05, 0.1) is 5.60 Å². The van der Waals surface area contributed by atoms with Crippen LogP contribution in [0.3, 0.4) is 0 Å². The monoisotopic (exact) mass is 254 g/mol. The predicted molar refractivity (Wildman–Crippen MR) is 67.1 cm³/mol.